The predicted molar refractivity (Wildman–Crippen MR) is 106 cm³/mol. The van der Waals surface area contributed by atoms with Gasteiger partial charge in [-0.1, -0.05) is 48.5 Å². The van der Waals surface area contributed by atoms with E-state index in [1.807, 2.05) is 48.5 Å². The first-order chi connectivity index (χ1) is 14.8. The van der Waals surface area contributed by atoms with Gasteiger partial charge in [0.1, 0.15) is 6.61 Å². The summed E-state index contributed by atoms with van der Waals surface area (Å²) in [6.45, 7) is -1.85. The van der Waals surface area contributed by atoms with Crippen molar-refractivity contribution < 1.29 is 33.0 Å². The van der Waals surface area contributed by atoms with E-state index < -0.39 is 42.5 Å². The van der Waals surface area contributed by atoms with Crippen molar-refractivity contribution >= 4 is 12.1 Å². The van der Waals surface area contributed by atoms with Crippen LogP contribution in [0.4, 0.5) is 13.6 Å². The smallest absolute Gasteiger partial charge is 0.409 e. The number of likely N-dealkylation sites (tertiary alicyclic amines) is 1. The van der Waals surface area contributed by atoms with Crippen LogP contribution in [-0.4, -0.2) is 60.9 Å². The second kappa shape index (κ2) is 7.02. The molecule has 162 valence electrons. The monoisotopic (exact) mass is 429 g/mol. The maximum atomic E-state index is 14.8. The topological polar surface area (TPSA) is 76.1 Å². The SMILES string of the molecule is O=C(OCC1c2ccccc2-c2ccccc21)N1CC2COCC(C(=O)O)(C1)C2(F)F. The van der Waals surface area contributed by atoms with E-state index in [-0.39, 0.29) is 25.7 Å². The number of aliphatic carboxylic acids is 1. The summed E-state index contributed by atoms with van der Waals surface area (Å²) < 4.78 is 40.2. The van der Waals surface area contributed by atoms with Crippen LogP contribution in [-0.2, 0) is 14.3 Å². The van der Waals surface area contributed by atoms with E-state index in [9.17, 15) is 23.5 Å². The molecule has 2 atom stereocenters. The summed E-state index contributed by atoms with van der Waals surface area (Å²) in [5, 5.41) is 9.56. The fraction of sp³-hybridized carbons (Fsp3) is 0.391. The molecule has 2 unspecified atom stereocenters. The Kier molecular flexibility index (Phi) is 4.51. The van der Waals surface area contributed by atoms with Crippen molar-refractivity contribution in [1.82, 2.24) is 4.90 Å². The zero-order valence-corrected chi connectivity index (χ0v) is 16.6. The van der Waals surface area contributed by atoms with E-state index in [1.54, 1.807) is 0 Å². The van der Waals surface area contributed by atoms with Gasteiger partial charge in [0.25, 0.3) is 5.92 Å². The average Bonchev–Trinajstić information content (AvgIpc) is 3.05. The molecule has 1 N–H and O–H groups in total. The van der Waals surface area contributed by atoms with Crippen LogP contribution < -0.4 is 0 Å². The molecule has 6 nitrogen and oxygen atoms in total. The van der Waals surface area contributed by atoms with Gasteiger partial charge < -0.3 is 19.5 Å². The second-order valence-corrected chi connectivity index (χ2v) is 8.41. The number of alkyl halides is 2. The highest BCUT2D eigenvalue weighted by Gasteiger charge is 2.69. The summed E-state index contributed by atoms with van der Waals surface area (Å²) in [6, 6.07) is 15.7. The van der Waals surface area contributed by atoms with Gasteiger partial charge in [0.15, 0.2) is 5.41 Å². The first-order valence-electron chi connectivity index (χ1n) is 10.1. The van der Waals surface area contributed by atoms with E-state index in [0.29, 0.717) is 0 Å². The third-order valence-electron chi connectivity index (χ3n) is 6.72. The minimum absolute atomic E-state index is 0.0426. The van der Waals surface area contributed by atoms with Crippen molar-refractivity contribution in [1.29, 1.82) is 0 Å². The quantitative estimate of drug-likeness (QED) is 0.807. The minimum atomic E-state index is -3.46. The highest BCUT2D eigenvalue weighted by atomic mass is 19.3. The summed E-state index contributed by atoms with van der Waals surface area (Å²) in [4.78, 5) is 25.7. The lowest BCUT2D eigenvalue weighted by Crippen LogP contribution is -2.70. The molecule has 1 amide bonds. The lowest BCUT2D eigenvalue weighted by atomic mass is 9.70. The van der Waals surface area contributed by atoms with Gasteiger partial charge in [-0.15, -0.1) is 0 Å². The van der Waals surface area contributed by atoms with Crippen molar-refractivity contribution in [2.45, 2.75) is 11.8 Å². The van der Waals surface area contributed by atoms with E-state index >= 15 is 0 Å². The van der Waals surface area contributed by atoms with Gasteiger partial charge in [0.05, 0.1) is 19.1 Å². The number of nitrogens with zero attached hydrogens (tertiary/aromatic N) is 1. The van der Waals surface area contributed by atoms with E-state index in [2.05, 4.69) is 0 Å². The predicted octanol–water partition coefficient (Wildman–Crippen LogP) is 3.60. The number of ether oxygens (including phenoxy) is 2. The highest BCUT2D eigenvalue weighted by molar-refractivity contribution is 5.80. The Hall–Kier alpha value is -3.00. The van der Waals surface area contributed by atoms with Crippen LogP contribution in [0.3, 0.4) is 0 Å². The van der Waals surface area contributed by atoms with Gasteiger partial charge in [-0.25, -0.2) is 13.6 Å². The van der Waals surface area contributed by atoms with Crippen LogP contribution in [0.5, 0.6) is 0 Å². The van der Waals surface area contributed by atoms with Crippen LogP contribution in [0.2, 0.25) is 0 Å². The lowest BCUT2D eigenvalue weighted by Gasteiger charge is -2.51. The maximum absolute atomic E-state index is 14.8. The molecule has 2 saturated heterocycles. The maximum Gasteiger partial charge on any atom is 0.409 e. The van der Waals surface area contributed by atoms with Gasteiger partial charge in [0.2, 0.25) is 0 Å². The number of piperidine rings is 1. The van der Waals surface area contributed by atoms with Crippen molar-refractivity contribution in [3.8, 4) is 11.1 Å². The molecular formula is C23H21F2NO5. The van der Waals surface area contributed by atoms with Crippen LogP contribution in [0, 0.1) is 11.3 Å². The molecule has 0 radical (unpaired) electrons. The Balaban J connectivity index is 1.36. The minimum Gasteiger partial charge on any atom is -0.481 e. The summed E-state index contributed by atoms with van der Waals surface area (Å²) in [5.74, 6) is -6.68. The molecule has 2 aliphatic heterocycles. The fourth-order valence-corrected chi connectivity index (χ4v) is 5.04. The first kappa shape index (κ1) is 19.9. The number of rotatable bonds is 3. The largest absolute Gasteiger partial charge is 0.481 e. The molecule has 0 aromatic heterocycles. The third-order valence-corrected chi connectivity index (χ3v) is 6.72. The number of benzene rings is 2. The molecule has 0 spiro atoms. The van der Waals surface area contributed by atoms with Crippen molar-refractivity contribution in [3.63, 3.8) is 0 Å². The van der Waals surface area contributed by atoms with E-state index in [4.69, 9.17) is 9.47 Å². The molecule has 5 rings (SSSR count). The molecule has 3 aliphatic rings. The Bertz CT molecular complexity index is 1010. The van der Waals surface area contributed by atoms with Crippen molar-refractivity contribution in [2.75, 3.05) is 32.9 Å². The number of carboxylic acids is 1. The summed E-state index contributed by atoms with van der Waals surface area (Å²) in [6.07, 6.45) is -0.783. The van der Waals surface area contributed by atoms with E-state index in [1.165, 1.54) is 0 Å². The number of halogens is 2. The van der Waals surface area contributed by atoms with Crippen molar-refractivity contribution in [2.24, 2.45) is 11.3 Å². The van der Waals surface area contributed by atoms with Gasteiger partial charge >= 0.3 is 12.1 Å². The molecule has 2 fully saturated rings. The molecule has 0 saturated carbocycles. The number of amides is 1. The zero-order valence-electron chi connectivity index (χ0n) is 16.6. The van der Waals surface area contributed by atoms with E-state index in [0.717, 1.165) is 27.2 Å². The summed E-state index contributed by atoms with van der Waals surface area (Å²) >= 11 is 0. The van der Waals surface area contributed by atoms with Crippen molar-refractivity contribution in [3.05, 3.63) is 59.7 Å². The number of carboxylic acid groups (broad SMARTS) is 1. The molecule has 2 bridgehead atoms. The number of carbonyl (C=O) groups is 2. The Labute approximate surface area is 177 Å². The molecule has 1 aliphatic carbocycles. The standard InChI is InChI=1S/C23H21F2NO5/c24-23(25)14-9-26(12-22(23,20(27)28)13-30-10-14)21(29)31-11-19-17-7-3-1-5-15(17)16-6-2-4-8-18(16)19/h1-8,14,19H,9-13H2,(H,27,28). The second-order valence-electron chi connectivity index (χ2n) is 8.41. The molecule has 8 heteroatoms. The average molecular weight is 429 g/mol. The van der Waals surface area contributed by atoms with Crippen LogP contribution in [0.1, 0.15) is 17.0 Å². The third kappa shape index (κ3) is 2.85. The normalized spacial score (nSPS) is 26.1. The Morgan fingerprint density at radius 2 is 1.71 bits per heavy atom. The molecule has 2 aromatic carbocycles. The molecule has 31 heavy (non-hydrogen) atoms. The number of hydrogen-bond donors (Lipinski definition) is 1. The van der Waals surface area contributed by atoms with Crippen LogP contribution in [0.25, 0.3) is 11.1 Å². The van der Waals surface area contributed by atoms with Gasteiger partial charge in [-0.2, -0.15) is 0 Å². The Morgan fingerprint density at radius 1 is 1.10 bits per heavy atom. The number of fused-ring (bicyclic) bond motifs is 5. The zero-order chi connectivity index (χ0) is 21.8. The van der Waals surface area contributed by atoms with Crippen LogP contribution >= 0.6 is 0 Å². The summed E-state index contributed by atoms with van der Waals surface area (Å²) in [7, 11) is 0. The lowest BCUT2D eigenvalue weighted by molar-refractivity contribution is -0.263. The number of carbonyl (C=O) groups excluding carboxylic acids is 1. The Morgan fingerprint density at radius 3 is 2.32 bits per heavy atom. The molecule has 2 aromatic rings. The fourth-order valence-electron chi connectivity index (χ4n) is 5.04. The molecule has 2 heterocycles. The first-order valence-corrected chi connectivity index (χ1v) is 10.1. The van der Waals surface area contributed by atoms with Crippen LogP contribution in [0.15, 0.2) is 48.5 Å². The number of hydrogen-bond acceptors (Lipinski definition) is 4. The van der Waals surface area contributed by atoms with Gasteiger partial charge in [-0.05, 0) is 22.3 Å². The summed E-state index contributed by atoms with van der Waals surface area (Å²) in [5.41, 5.74) is 1.77. The van der Waals surface area contributed by atoms with Gasteiger partial charge in [0, 0.05) is 19.0 Å². The van der Waals surface area contributed by atoms with Gasteiger partial charge in [-0.3, -0.25) is 4.79 Å². The molecular weight excluding hydrogens is 408 g/mol. The highest BCUT2D eigenvalue weighted by Crippen LogP contribution is 2.50.